The average Bonchev–Trinajstić information content (AvgIpc) is 4.12. The molecule has 16 nitrogen and oxygen atoms in total. The highest BCUT2D eigenvalue weighted by atomic mass is 35.5. The van der Waals surface area contributed by atoms with Crippen LogP contribution in [0, 0.1) is 12.3 Å². The number of nitrogens with one attached hydrogen (secondary N) is 4. The van der Waals surface area contributed by atoms with E-state index < -0.39 is 0 Å². The van der Waals surface area contributed by atoms with Crippen molar-refractivity contribution in [1.29, 1.82) is 0 Å². The predicted octanol–water partition coefficient (Wildman–Crippen LogP) is 7.50. The molecule has 3 amide bonds. The Morgan fingerprint density at radius 2 is 1.66 bits per heavy atom. The summed E-state index contributed by atoms with van der Waals surface area (Å²) in [5, 5.41) is 21.2. The molecular formula is C56H69ClN12O4. The second-order valence-electron chi connectivity index (χ2n) is 20.5. The largest absolute Gasteiger partial charge is 0.357 e. The highest BCUT2D eigenvalue weighted by Gasteiger charge is 2.34. The number of benzene rings is 3. The van der Waals surface area contributed by atoms with Crippen molar-refractivity contribution in [3.05, 3.63) is 123 Å². The van der Waals surface area contributed by atoms with Gasteiger partial charge < -0.3 is 30.7 Å². The maximum absolute atomic E-state index is 13.8. The Bertz CT molecular complexity index is 3150. The molecule has 3 aromatic carbocycles. The van der Waals surface area contributed by atoms with E-state index in [1.54, 1.807) is 22.5 Å². The van der Waals surface area contributed by atoms with Crippen LogP contribution in [0.2, 0.25) is 5.02 Å². The van der Waals surface area contributed by atoms with E-state index in [0.717, 1.165) is 114 Å². The van der Waals surface area contributed by atoms with Gasteiger partial charge in [-0.3, -0.25) is 33.1 Å². The van der Waals surface area contributed by atoms with Crippen molar-refractivity contribution >= 4 is 51.3 Å². The van der Waals surface area contributed by atoms with Gasteiger partial charge in [0.25, 0.3) is 5.56 Å². The molecule has 1 fully saturated rings. The minimum atomic E-state index is -0.148. The summed E-state index contributed by atoms with van der Waals surface area (Å²) in [4.78, 5) is 64.0. The maximum Gasteiger partial charge on any atom is 0.281 e. The van der Waals surface area contributed by atoms with Crippen molar-refractivity contribution in [3.63, 3.8) is 0 Å². The number of amides is 3. The van der Waals surface area contributed by atoms with Crippen LogP contribution in [0.15, 0.2) is 84.0 Å². The highest BCUT2D eigenvalue weighted by Crippen LogP contribution is 2.40. The number of aromatic amines is 1. The lowest BCUT2D eigenvalue weighted by atomic mass is 9.80. The number of carbonyl (C=O) groups is 3. The van der Waals surface area contributed by atoms with E-state index in [-0.39, 0.29) is 34.6 Å². The molecule has 2 aliphatic rings. The van der Waals surface area contributed by atoms with Crippen molar-refractivity contribution in [2.45, 2.75) is 105 Å². The third-order valence-corrected chi connectivity index (χ3v) is 15.4. The van der Waals surface area contributed by atoms with Gasteiger partial charge in [0.1, 0.15) is 5.52 Å². The van der Waals surface area contributed by atoms with Gasteiger partial charge in [-0.25, -0.2) is 4.98 Å². The molecule has 0 saturated carbocycles. The van der Waals surface area contributed by atoms with Crippen molar-refractivity contribution in [2.75, 3.05) is 45.8 Å². The average molecular weight is 1010 g/mol. The van der Waals surface area contributed by atoms with Gasteiger partial charge in [-0.15, -0.1) is 0 Å². The molecule has 17 heteroatoms. The number of aryl methyl sites for hydroxylation is 2. The molecule has 1 unspecified atom stereocenters. The van der Waals surface area contributed by atoms with E-state index in [4.69, 9.17) is 21.7 Å². The monoisotopic (exact) mass is 1010 g/mol. The molecule has 73 heavy (non-hydrogen) atoms. The van der Waals surface area contributed by atoms with Crippen LogP contribution in [0.3, 0.4) is 0 Å². The van der Waals surface area contributed by atoms with Gasteiger partial charge in [0.2, 0.25) is 17.7 Å². The van der Waals surface area contributed by atoms with E-state index >= 15 is 0 Å². The topological polar surface area (TPSA) is 180 Å². The van der Waals surface area contributed by atoms with Crippen molar-refractivity contribution in [3.8, 4) is 22.5 Å². The summed E-state index contributed by atoms with van der Waals surface area (Å²) >= 11 is 6.78. The smallest absolute Gasteiger partial charge is 0.281 e. The first-order valence-electron chi connectivity index (χ1n) is 25.9. The molecule has 1 saturated heterocycles. The molecule has 7 aromatic rings. The summed E-state index contributed by atoms with van der Waals surface area (Å²) < 4.78 is 5.30. The van der Waals surface area contributed by atoms with E-state index in [2.05, 4.69) is 82.3 Å². The molecular weight excluding hydrogens is 940 g/mol. The number of fused-ring (bicyclic) bond motifs is 4. The third-order valence-electron chi connectivity index (χ3n) is 15.0. The Balaban J connectivity index is 0.660. The molecule has 384 valence electrons. The lowest BCUT2D eigenvalue weighted by Gasteiger charge is -2.40. The van der Waals surface area contributed by atoms with Crippen LogP contribution < -0.4 is 21.5 Å². The van der Waals surface area contributed by atoms with Gasteiger partial charge in [-0.1, -0.05) is 80.0 Å². The number of H-pyrrole nitrogens is 1. The Morgan fingerprint density at radius 3 is 2.42 bits per heavy atom. The Morgan fingerprint density at radius 1 is 0.904 bits per heavy atom. The van der Waals surface area contributed by atoms with Gasteiger partial charge in [-0.05, 0) is 92.4 Å². The SMILES string of the molecule is CC(=O)N1CCc2[nH]c3c(Cl)c(C)cc(-c4ccn(CCNC(=O)CCCNCCCNCc5ccc(-c6c7ncn(CC8(C)CCN(C(=O)CC(C)c9ccccc9)CC8)c(=O)c7nn6C)cc5)n4)c3c2C1. The number of carbonyl (C=O) groups excluding carboxylic acids is 3. The fraction of sp³-hybridized carbons (Fsp3) is 0.446. The van der Waals surface area contributed by atoms with Crippen molar-refractivity contribution in [1.82, 2.24) is 59.8 Å². The second-order valence-corrected chi connectivity index (χ2v) is 20.9. The number of hydrogen-bond acceptors (Lipinski definition) is 9. The first-order valence-corrected chi connectivity index (χ1v) is 26.3. The van der Waals surface area contributed by atoms with E-state index in [0.29, 0.717) is 74.7 Å². The van der Waals surface area contributed by atoms with E-state index in [1.165, 1.54) is 5.56 Å². The number of aromatic nitrogens is 7. The third kappa shape index (κ3) is 11.8. The molecule has 0 radical (unpaired) electrons. The van der Waals surface area contributed by atoms with Gasteiger partial charge >= 0.3 is 0 Å². The molecule has 0 bridgehead atoms. The number of piperidine rings is 1. The fourth-order valence-corrected chi connectivity index (χ4v) is 10.7. The zero-order valence-corrected chi connectivity index (χ0v) is 43.7. The van der Waals surface area contributed by atoms with Crippen LogP contribution >= 0.6 is 11.6 Å². The Labute approximate surface area is 431 Å². The number of nitrogens with zero attached hydrogens (tertiary/aromatic N) is 8. The zero-order valence-electron chi connectivity index (χ0n) is 42.9. The lowest BCUT2D eigenvalue weighted by Crippen LogP contribution is -2.44. The second kappa shape index (κ2) is 22.7. The minimum absolute atomic E-state index is 0.0233. The first kappa shape index (κ1) is 51.3. The summed E-state index contributed by atoms with van der Waals surface area (Å²) in [6.45, 7) is 15.2. The standard InChI is InChI=1S/C56H69ClN12O4/c1-37(41-11-7-6-8-12-41)32-48(72)66-28-20-56(4,21-29-66)35-68-36-61-52-53(55(68)73)64-65(5)54(52)42-16-14-40(15-17-42)33-59-24-10-23-58-22-9-13-47(71)60-25-30-69-27-19-46(63-69)43-31-38(2)50(57)51-49(43)44-34-67(39(3)70)26-18-45(44)62-51/h6-8,11-12,14-17,19,27,31,36-37,58-59,62H,9-10,13,18,20-26,28-30,32-35H2,1-5H3,(H,60,71). The van der Waals surface area contributed by atoms with E-state index in [9.17, 15) is 19.2 Å². The Hall–Kier alpha value is -6.62. The maximum atomic E-state index is 13.8. The van der Waals surface area contributed by atoms with Crippen LogP contribution in [0.1, 0.15) is 93.2 Å². The lowest BCUT2D eigenvalue weighted by molar-refractivity contribution is -0.134. The molecule has 6 heterocycles. The number of hydrogen-bond donors (Lipinski definition) is 4. The van der Waals surface area contributed by atoms with Crippen molar-refractivity contribution < 1.29 is 14.4 Å². The zero-order chi connectivity index (χ0) is 51.2. The quantitative estimate of drug-likeness (QED) is 0.0563. The summed E-state index contributed by atoms with van der Waals surface area (Å²) in [7, 11) is 1.85. The van der Waals surface area contributed by atoms with Crippen LogP contribution in [0.4, 0.5) is 0 Å². The van der Waals surface area contributed by atoms with Gasteiger partial charge in [-0.2, -0.15) is 10.2 Å². The molecule has 4 N–H and O–H groups in total. The van der Waals surface area contributed by atoms with Gasteiger partial charge in [0, 0.05) is 113 Å². The summed E-state index contributed by atoms with van der Waals surface area (Å²) in [5.74, 6) is 0.435. The van der Waals surface area contributed by atoms with Crippen LogP contribution in [-0.4, -0.2) is 107 Å². The van der Waals surface area contributed by atoms with Crippen LogP contribution in [-0.2, 0) is 54.0 Å². The van der Waals surface area contributed by atoms with Gasteiger partial charge in [0.15, 0.2) is 5.52 Å². The van der Waals surface area contributed by atoms with E-state index in [1.807, 2.05) is 58.9 Å². The highest BCUT2D eigenvalue weighted by molar-refractivity contribution is 6.36. The molecule has 2 aliphatic heterocycles. The predicted molar refractivity (Wildman–Crippen MR) is 287 cm³/mol. The number of halogens is 1. The van der Waals surface area contributed by atoms with Crippen LogP contribution in [0.5, 0.6) is 0 Å². The number of likely N-dealkylation sites (tertiary alicyclic amines) is 1. The number of rotatable bonds is 20. The normalized spacial score (nSPS) is 15.0. The van der Waals surface area contributed by atoms with Crippen molar-refractivity contribution in [2.24, 2.45) is 12.5 Å². The summed E-state index contributed by atoms with van der Waals surface area (Å²) in [6.07, 6.45) is 8.62. The van der Waals surface area contributed by atoms with Gasteiger partial charge in [0.05, 0.1) is 34.8 Å². The first-order chi connectivity index (χ1) is 35.2. The van der Waals surface area contributed by atoms with Crippen LogP contribution in [0.25, 0.3) is 44.5 Å². The molecule has 0 aliphatic carbocycles. The molecule has 9 rings (SSSR count). The minimum Gasteiger partial charge on any atom is -0.357 e. The fourth-order valence-electron chi connectivity index (χ4n) is 10.5. The molecule has 4 aromatic heterocycles. The Kier molecular flexibility index (Phi) is 15.9. The summed E-state index contributed by atoms with van der Waals surface area (Å²) in [5.41, 5.74) is 10.6. The molecule has 0 spiro atoms. The molecule has 1 atom stereocenters. The summed E-state index contributed by atoms with van der Waals surface area (Å²) in [6, 6.07) is 22.6.